The van der Waals surface area contributed by atoms with Crippen molar-refractivity contribution in [3.05, 3.63) is 65.1 Å². The van der Waals surface area contributed by atoms with Crippen molar-refractivity contribution in [1.82, 2.24) is 19.9 Å². The van der Waals surface area contributed by atoms with Crippen LogP contribution in [0.15, 0.2) is 48.9 Å². The molecule has 5 nitrogen and oxygen atoms in total. The fourth-order valence-corrected chi connectivity index (χ4v) is 4.25. The summed E-state index contributed by atoms with van der Waals surface area (Å²) in [5.74, 6) is 1.60. The fraction of sp³-hybridized carbons (Fsp3) is 0.381. The first kappa shape index (κ1) is 18.1. The molecule has 0 radical (unpaired) electrons. The van der Waals surface area contributed by atoms with Crippen LogP contribution in [0.25, 0.3) is 0 Å². The minimum atomic E-state index is 0.712. The molecule has 1 fully saturated rings. The molecule has 27 heavy (non-hydrogen) atoms. The Kier molecular flexibility index (Phi) is 5.75. The third-order valence-corrected chi connectivity index (χ3v) is 5.85. The van der Waals surface area contributed by atoms with Crippen LogP contribution in [0.4, 0.5) is 10.9 Å². The van der Waals surface area contributed by atoms with E-state index < -0.39 is 0 Å². The highest BCUT2D eigenvalue weighted by Gasteiger charge is 2.20. The first-order valence-electron chi connectivity index (χ1n) is 9.51. The highest BCUT2D eigenvalue weighted by atomic mass is 32.1. The molecule has 0 amide bonds. The van der Waals surface area contributed by atoms with Gasteiger partial charge in [-0.2, -0.15) is 0 Å². The molecule has 3 aromatic heterocycles. The van der Waals surface area contributed by atoms with Gasteiger partial charge in [0, 0.05) is 35.7 Å². The Morgan fingerprint density at radius 1 is 1.15 bits per heavy atom. The van der Waals surface area contributed by atoms with E-state index in [1.165, 1.54) is 29.0 Å². The van der Waals surface area contributed by atoms with E-state index in [9.17, 15) is 0 Å². The summed E-state index contributed by atoms with van der Waals surface area (Å²) in [6, 6.07) is 10.5. The van der Waals surface area contributed by atoms with Crippen molar-refractivity contribution in [2.75, 3.05) is 18.4 Å². The number of likely N-dealkylation sites (tertiary alicyclic amines) is 1. The Bertz CT molecular complexity index is 856. The lowest BCUT2D eigenvalue weighted by Crippen LogP contribution is -2.33. The van der Waals surface area contributed by atoms with Crippen LogP contribution < -0.4 is 5.32 Å². The van der Waals surface area contributed by atoms with E-state index in [1.807, 2.05) is 24.7 Å². The highest BCUT2D eigenvalue weighted by Crippen LogP contribution is 2.24. The maximum absolute atomic E-state index is 4.79. The number of nitrogens with one attached hydrogen (secondary N) is 1. The maximum atomic E-state index is 4.79. The summed E-state index contributed by atoms with van der Waals surface area (Å²) in [5, 5.41) is 4.22. The smallest absolute Gasteiger partial charge is 0.188 e. The monoisotopic (exact) mass is 379 g/mol. The third-order valence-electron chi connectivity index (χ3n) is 5.02. The van der Waals surface area contributed by atoms with Crippen molar-refractivity contribution < 1.29 is 0 Å². The molecule has 0 aromatic carbocycles. The SMILES string of the molecule is Cc1cnc(Nc2cccc(CC3CCN(Cc4ccncc4)CC3)n2)s1. The van der Waals surface area contributed by atoms with Crippen LogP contribution >= 0.6 is 11.3 Å². The van der Waals surface area contributed by atoms with Gasteiger partial charge in [0.15, 0.2) is 5.13 Å². The molecular weight excluding hydrogens is 354 g/mol. The lowest BCUT2D eigenvalue weighted by Gasteiger charge is -2.31. The second-order valence-electron chi connectivity index (χ2n) is 7.19. The maximum Gasteiger partial charge on any atom is 0.188 e. The Morgan fingerprint density at radius 3 is 2.70 bits per heavy atom. The average Bonchev–Trinajstić information content (AvgIpc) is 3.09. The Hall–Kier alpha value is -2.31. The van der Waals surface area contributed by atoms with Gasteiger partial charge in [-0.15, -0.1) is 11.3 Å². The van der Waals surface area contributed by atoms with Gasteiger partial charge >= 0.3 is 0 Å². The van der Waals surface area contributed by atoms with Crippen molar-refractivity contribution in [2.24, 2.45) is 5.92 Å². The van der Waals surface area contributed by atoms with E-state index in [-0.39, 0.29) is 0 Å². The molecule has 0 unspecified atom stereocenters. The first-order chi connectivity index (χ1) is 13.2. The zero-order valence-corrected chi connectivity index (χ0v) is 16.5. The number of aryl methyl sites for hydroxylation is 1. The minimum Gasteiger partial charge on any atom is -0.316 e. The first-order valence-corrected chi connectivity index (χ1v) is 10.3. The lowest BCUT2D eigenvalue weighted by molar-refractivity contribution is 0.176. The van der Waals surface area contributed by atoms with Gasteiger partial charge < -0.3 is 5.32 Å². The van der Waals surface area contributed by atoms with Gasteiger partial charge in [-0.3, -0.25) is 9.88 Å². The Morgan fingerprint density at radius 2 is 1.96 bits per heavy atom. The van der Waals surface area contributed by atoms with E-state index in [4.69, 9.17) is 4.98 Å². The number of piperidine rings is 1. The molecule has 0 atom stereocenters. The van der Waals surface area contributed by atoms with Crippen LogP contribution in [0, 0.1) is 12.8 Å². The molecule has 0 saturated carbocycles. The van der Waals surface area contributed by atoms with Crippen molar-refractivity contribution >= 4 is 22.3 Å². The fourth-order valence-electron chi connectivity index (χ4n) is 3.58. The number of pyridine rings is 2. The minimum absolute atomic E-state index is 0.712. The molecule has 1 aliphatic heterocycles. The summed E-state index contributed by atoms with van der Waals surface area (Å²) in [6.45, 7) is 5.40. The van der Waals surface area contributed by atoms with Crippen LogP contribution in [-0.4, -0.2) is 32.9 Å². The number of aromatic nitrogens is 3. The quantitative estimate of drug-likeness (QED) is 0.686. The number of rotatable bonds is 6. The van der Waals surface area contributed by atoms with Crippen LogP contribution in [0.2, 0.25) is 0 Å². The second-order valence-corrected chi connectivity index (χ2v) is 8.43. The average molecular weight is 380 g/mol. The van der Waals surface area contributed by atoms with Crippen LogP contribution in [0.1, 0.15) is 29.0 Å². The van der Waals surface area contributed by atoms with E-state index in [0.29, 0.717) is 5.92 Å². The van der Waals surface area contributed by atoms with Gasteiger partial charge in [-0.1, -0.05) is 6.07 Å². The Balaban J connectivity index is 1.29. The topological polar surface area (TPSA) is 53.9 Å². The molecule has 4 heterocycles. The molecule has 3 aromatic rings. The third kappa shape index (κ3) is 5.11. The molecule has 4 rings (SSSR count). The lowest BCUT2D eigenvalue weighted by atomic mass is 9.92. The molecule has 0 bridgehead atoms. The second kappa shape index (κ2) is 8.59. The van der Waals surface area contributed by atoms with E-state index in [0.717, 1.165) is 37.0 Å². The molecule has 140 valence electrons. The van der Waals surface area contributed by atoms with Crippen LogP contribution in [-0.2, 0) is 13.0 Å². The van der Waals surface area contributed by atoms with Crippen molar-refractivity contribution in [2.45, 2.75) is 32.7 Å². The largest absolute Gasteiger partial charge is 0.316 e. The van der Waals surface area contributed by atoms with Gasteiger partial charge in [0.05, 0.1) is 0 Å². The zero-order valence-electron chi connectivity index (χ0n) is 15.6. The van der Waals surface area contributed by atoms with E-state index >= 15 is 0 Å². The number of thiazole rings is 1. The molecular formula is C21H25N5S. The number of nitrogens with zero attached hydrogens (tertiary/aromatic N) is 4. The highest BCUT2D eigenvalue weighted by molar-refractivity contribution is 7.15. The van der Waals surface area contributed by atoms with Gasteiger partial charge in [0.25, 0.3) is 0 Å². The van der Waals surface area contributed by atoms with Gasteiger partial charge in [0.1, 0.15) is 5.82 Å². The summed E-state index contributed by atoms with van der Waals surface area (Å²) < 4.78 is 0. The number of hydrogen-bond acceptors (Lipinski definition) is 6. The molecule has 1 aliphatic rings. The molecule has 1 saturated heterocycles. The van der Waals surface area contributed by atoms with Crippen molar-refractivity contribution in [3.63, 3.8) is 0 Å². The summed E-state index contributed by atoms with van der Waals surface area (Å²) in [7, 11) is 0. The van der Waals surface area contributed by atoms with Crippen molar-refractivity contribution in [1.29, 1.82) is 0 Å². The summed E-state index contributed by atoms with van der Waals surface area (Å²) in [4.78, 5) is 17.0. The summed E-state index contributed by atoms with van der Waals surface area (Å²) in [6.07, 6.45) is 9.15. The standard InChI is InChI=1S/C21H25N5S/c1-16-14-23-21(27-16)25-20-4-2-3-19(24-20)13-17-7-11-26(12-8-17)15-18-5-9-22-10-6-18/h2-6,9-10,14,17H,7-8,11-13,15H2,1H3,(H,23,24,25). The van der Waals surface area contributed by atoms with Crippen molar-refractivity contribution in [3.8, 4) is 0 Å². The van der Waals surface area contributed by atoms with Gasteiger partial charge in [-0.25, -0.2) is 9.97 Å². The normalized spacial score (nSPS) is 15.7. The number of anilines is 2. The predicted octanol–water partition coefficient (Wildman–Crippen LogP) is 4.44. The van der Waals surface area contributed by atoms with Gasteiger partial charge in [0.2, 0.25) is 0 Å². The number of hydrogen-bond donors (Lipinski definition) is 1. The van der Waals surface area contributed by atoms with Crippen LogP contribution in [0.3, 0.4) is 0 Å². The molecule has 6 heteroatoms. The van der Waals surface area contributed by atoms with Gasteiger partial charge in [-0.05, 0) is 75.0 Å². The molecule has 1 N–H and O–H groups in total. The Labute approximate surface area is 164 Å². The van der Waals surface area contributed by atoms with E-state index in [1.54, 1.807) is 11.3 Å². The zero-order chi connectivity index (χ0) is 18.5. The van der Waals surface area contributed by atoms with Crippen LogP contribution in [0.5, 0.6) is 0 Å². The summed E-state index contributed by atoms with van der Waals surface area (Å²) in [5.41, 5.74) is 2.52. The molecule has 0 aliphatic carbocycles. The predicted molar refractivity (Wildman–Crippen MR) is 110 cm³/mol. The molecule has 0 spiro atoms. The van der Waals surface area contributed by atoms with E-state index in [2.05, 4.69) is 51.4 Å². The summed E-state index contributed by atoms with van der Waals surface area (Å²) >= 11 is 1.65.